The van der Waals surface area contributed by atoms with E-state index in [0.29, 0.717) is 6.04 Å². The van der Waals surface area contributed by atoms with E-state index in [2.05, 4.69) is 41.5 Å². The number of hydrogen-bond donors (Lipinski definition) is 2. The molecule has 0 unspecified atom stereocenters. The van der Waals surface area contributed by atoms with Gasteiger partial charge in [-0.15, -0.1) is 0 Å². The quantitative estimate of drug-likeness (QED) is 0.804. The van der Waals surface area contributed by atoms with Gasteiger partial charge in [-0.2, -0.15) is 0 Å². The molecule has 2 N–H and O–H groups in total. The first-order chi connectivity index (χ1) is 7.83. The zero-order valence-corrected chi connectivity index (χ0v) is 9.66. The molecule has 84 valence electrons. The average molecular weight is 214 g/mol. The highest BCUT2D eigenvalue weighted by atomic mass is 14.9. The molecule has 1 saturated carbocycles. The standard InChI is InChI=1S/C14H18N2/c1-10(12-3-4-12)16-9-11-2-5-14-13(8-11)6-7-15-14/h2,5-8,10,12,15-16H,3-4,9H2,1H3/t10-/m1/s1. The second kappa shape index (κ2) is 3.95. The lowest BCUT2D eigenvalue weighted by molar-refractivity contribution is 0.496. The van der Waals surface area contributed by atoms with Gasteiger partial charge < -0.3 is 10.3 Å². The first-order valence-corrected chi connectivity index (χ1v) is 6.12. The van der Waals surface area contributed by atoms with E-state index in [-0.39, 0.29) is 0 Å². The van der Waals surface area contributed by atoms with Crippen molar-refractivity contribution in [3.05, 3.63) is 36.0 Å². The summed E-state index contributed by atoms with van der Waals surface area (Å²) < 4.78 is 0. The molecule has 1 aliphatic rings. The Morgan fingerprint density at radius 3 is 3.06 bits per heavy atom. The summed E-state index contributed by atoms with van der Waals surface area (Å²) in [6.45, 7) is 3.28. The largest absolute Gasteiger partial charge is 0.361 e. The molecule has 0 saturated heterocycles. The fraction of sp³-hybridized carbons (Fsp3) is 0.429. The lowest BCUT2D eigenvalue weighted by atomic mass is 10.1. The summed E-state index contributed by atoms with van der Waals surface area (Å²) in [5.41, 5.74) is 2.60. The van der Waals surface area contributed by atoms with E-state index < -0.39 is 0 Å². The Hall–Kier alpha value is -1.28. The van der Waals surface area contributed by atoms with Gasteiger partial charge in [-0.3, -0.25) is 0 Å². The number of rotatable bonds is 4. The van der Waals surface area contributed by atoms with Crippen molar-refractivity contribution in [3.63, 3.8) is 0 Å². The van der Waals surface area contributed by atoms with Gasteiger partial charge in [0.1, 0.15) is 0 Å². The van der Waals surface area contributed by atoms with Crippen LogP contribution in [0.5, 0.6) is 0 Å². The smallest absolute Gasteiger partial charge is 0.0454 e. The van der Waals surface area contributed by atoms with Crippen LogP contribution in [0.4, 0.5) is 0 Å². The fourth-order valence-electron chi connectivity index (χ4n) is 2.25. The van der Waals surface area contributed by atoms with Crippen LogP contribution in [0.2, 0.25) is 0 Å². The fourth-order valence-corrected chi connectivity index (χ4v) is 2.25. The molecule has 0 bridgehead atoms. The molecule has 16 heavy (non-hydrogen) atoms. The van der Waals surface area contributed by atoms with E-state index in [0.717, 1.165) is 12.5 Å². The van der Waals surface area contributed by atoms with Gasteiger partial charge in [-0.05, 0) is 54.8 Å². The summed E-state index contributed by atoms with van der Waals surface area (Å²) in [5.74, 6) is 0.927. The van der Waals surface area contributed by atoms with Crippen molar-refractivity contribution in [2.24, 2.45) is 5.92 Å². The van der Waals surface area contributed by atoms with Crippen LogP contribution in [-0.2, 0) is 6.54 Å². The molecule has 1 aliphatic carbocycles. The van der Waals surface area contributed by atoms with Gasteiger partial charge in [-0.25, -0.2) is 0 Å². The first-order valence-electron chi connectivity index (χ1n) is 6.12. The molecular weight excluding hydrogens is 196 g/mol. The summed E-state index contributed by atoms with van der Waals surface area (Å²) in [6, 6.07) is 9.42. The predicted molar refractivity (Wildman–Crippen MR) is 67.3 cm³/mol. The highest BCUT2D eigenvalue weighted by Gasteiger charge is 2.27. The van der Waals surface area contributed by atoms with Crippen molar-refractivity contribution < 1.29 is 0 Å². The summed E-state index contributed by atoms with van der Waals surface area (Å²) in [6.07, 6.45) is 4.81. The molecule has 1 aromatic heterocycles. The van der Waals surface area contributed by atoms with Crippen LogP contribution in [0, 0.1) is 5.92 Å². The van der Waals surface area contributed by atoms with Crippen molar-refractivity contribution >= 4 is 10.9 Å². The van der Waals surface area contributed by atoms with E-state index in [4.69, 9.17) is 0 Å². The second-order valence-corrected chi connectivity index (χ2v) is 4.91. The normalized spacial score (nSPS) is 17.8. The minimum atomic E-state index is 0.668. The number of aromatic amines is 1. The summed E-state index contributed by atoms with van der Waals surface area (Å²) in [5, 5.41) is 4.91. The maximum atomic E-state index is 3.61. The van der Waals surface area contributed by atoms with Crippen LogP contribution in [0.1, 0.15) is 25.3 Å². The van der Waals surface area contributed by atoms with Gasteiger partial charge in [0.2, 0.25) is 0 Å². The molecule has 1 aromatic carbocycles. The number of H-pyrrole nitrogens is 1. The van der Waals surface area contributed by atoms with E-state index in [1.54, 1.807) is 0 Å². The van der Waals surface area contributed by atoms with Crippen LogP contribution >= 0.6 is 0 Å². The van der Waals surface area contributed by atoms with Crippen LogP contribution in [0.3, 0.4) is 0 Å². The van der Waals surface area contributed by atoms with Crippen LogP contribution in [0.25, 0.3) is 10.9 Å². The van der Waals surface area contributed by atoms with Crippen LogP contribution in [0.15, 0.2) is 30.5 Å². The molecule has 0 radical (unpaired) electrons. The minimum absolute atomic E-state index is 0.668. The van der Waals surface area contributed by atoms with Crippen LogP contribution in [-0.4, -0.2) is 11.0 Å². The number of hydrogen-bond acceptors (Lipinski definition) is 1. The Balaban J connectivity index is 1.68. The van der Waals surface area contributed by atoms with Gasteiger partial charge in [0.05, 0.1) is 0 Å². The predicted octanol–water partition coefficient (Wildman–Crippen LogP) is 3.06. The Morgan fingerprint density at radius 2 is 2.25 bits per heavy atom. The Labute approximate surface area is 96.1 Å². The van der Waals surface area contributed by atoms with E-state index in [1.165, 1.54) is 29.3 Å². The molecule has 2 aromatic rings. The third kappa shape index (κ3) is 1.98. The molecule has 2 nitrogen and oxygen atoms in total. The van der Waals surface area contributed by atoms with E-state index >= 15 is 0 Å². The number of benzene rings is 1. The summed E-state index contributed by atoms with van der Waals surface area (Å²) in [7, 11) is 0. The first kappa shape index (κ1) is 9.91. The average Bonchev–Trinajstić information content (AvgIpc) is 3.04. The highest BCUT2D eigenvalue weighted by Crippen LogP contribution is 2.32. The summed E-state index contributed by atoms with van der Waals surface area (Å²) >= 11 is 0. The van der Waals surface area contributed by atoms with Crippen molar-refractivity contribution in [3.8, 4) is 0 Å². The minimum Gasteiger partial charge on any atom is -0.361 e. The van der Waals surface area contributed by atoms with Crippen molar-refractivity contribution in [1.29, 1.82) is 0 Å². The number of nitrogens with one attached hydrogen (secondary N) is 2. The maximum absolute atomic E-state index is 3.61. The third-order valence-electron chi connectivity index (χ3n) is 3.57. The molecule has 0 spiro atoms. The number of fused-ring (bicyclic) bond motifs is 1. The van der Waals surface area contributed by atoms with Crippen LogP contribution < -0.4 is 5.32 Å². The molecule has 1 heterocycles. The zero-order chi connectivity index (χ0) is 11.0. The third-order valence-corrected chi connectivity index (χ3v) is 3.57. The SMILES string of the molecule is C[C@@H](NCc1ccc2[nH]ccc2c1)C1CC1. The molecule has 3 rings (SSSR count). The Kier molecular flexibility index (Phi) is 2.44. The topological polar surface area (TPSA) is 27.8 Å². The summed E-state index contributed by atoms with van der Waals surface area (Å²) in [4.78, 5) is 3.22. The van der Waals surface area contributed by atoms with E-state index in [1.807, 2.05) is 6.20 Å². The molecule has 0 aliphatic heterocycles. The maximum Gasteiger partial charge on any atom is 0.0454 e. The number of aromatic nitrogens is 1. The second-order valence-electron chi connectivity index (χ2n) is 4.91. The monoisotopic (exact) mass is 214 g/mol. The highest BCUT2D eigenvalue weighted by molar-refractivity contribution is 5.79. The lowest BCUT2D eigenvalue weighted by Crippen LogP contribution is -2.27. The van der Waals surface area contributed by atoms with Gasteiger partial charge in [-0.1, -0.05) is 6.07 Å². The Bertz CT molecular complexity index is 482. The van der Waals surface area contributed by atoms with Gasteiger partial charge in [0, 0.05) is 24.3 Å². The van der Waals surface area contributed by atoms with Gasteiger partial charge in [0.15, 0.2) is 0 Å². The molecule has 1 fully saturated rings. The van der Waals surface area contributed by atoms with Gasteiger partial charge >= 0.3 is 0 Å². The lowest BCUT2D eigenvalue weighted by Gasteiger charge is -2.12. The van der Waals surface area contributed by atoms with E-state index in [9.17, 15) is 0 Å². The zero-order valence-electron chi connectivity index (χ0n) is 9.66. The molecule has 2 heteroatoms. The Morgan fingerprint density at radius 1 is 1.38 bits per heavy atom. The molecule has 1 atom stereocenters. The van der Waals surface area contributed by atoms with Crippen molar-refractivity contribution in [2.45, 2.75) is 32.4 Å². The van der Waals surface area contributed by atoms with Crippen molar-refractivity contribution in [2.75, 3.05) is 0 Å². The molecule has 0 amide bonds. The van der Waals surface area contributed by atoms with Gasteiger partial charge in [0.25, 0.3) is 0 Å². The van der Waals surface area contributed by atoms with Crippen molar-refractivity contribution in [1.82, 2.24) is 10.3 Å². The molecular formula is C14H18N2.